The van der Waals surface area contributed by atoms with Gasteiger partial charge in [-0.3, -0.25) is 0 Å². The van der Waals surface area contributed by atoms with E-state index in [-0.39, 0.29) is 0 Å². The molecule has 0 saturated carbocycles. The molecule has 18 heavy (non-hydrogen) atoms. The van der Waals surface area contributed by atoms with E-state index in [1.165, 1.54) is 42.5 Å². The van der Waals surface area contributed by atoms with Gasteiger partial charge in [-0.25, -0.2) is 0 Å². The summed E-state index contributed by atoms with van der Waals surface area (Å²) in [6, 6.07) is 2.23. The highest BCUT2D eigenvalue weighted by atomic mass is 32.1. The molecule has 2 aromatic rings. The van der Waals surface area contributed by atoms with Gasteiger partial charge < -0.3 is 10.2 Å². The van der Waals surface area contributed by atoms with Crippen LogP contribution in [0.2, 0.25) is 0 Å². The topological polar surface area (TPSA) is 64.9 Å². The molecule has 2 aromatic heterocycles. The second kappa shape index (κ2) is 5.20. The maximum atomic E-state index is 5.63. The van der Waals surface area contributed by atoms with Gasteiger partial charge in [-0.1, -0.05) is 6.42 Å². The first kappa shape index (κ1) is 11.9. The van der Waals surface area contributed by atoms with Crippen molar-refractivity contribution in [3.05, 3.63) is 22.4 Å². The number of hydrogen-bond donors (Lipinski definition) is 1. The molecule has 0 radical (unpaired) electrons. The van der Waals surface area contributed by atoms with Crippen LogP contribution in [-0.2, 0) is 19.3 Å². The largest absolute Gasteiger partial charge is 0.420 e. The standard InChI is InChI=1S/C13H17N3OS/c14-7-6-12-15-16-13(17-12)11-8-9-4-2-1-3-5-10(9)18-11/h8H,1-7,14H2. The van der Waals surface area contributed by atoms with Crippen molar-refractivity contribution in [3.63, 3.8) is 0 Å². The first-order valence-corrected chi connectivity index (χ1v) is 7.33. The Hall–Kier alpha value is -1.20. The molecule has 1 aliphatic carbocycles. The van der Waals surface area contributed by atoms with Crippen molar-refractivity contribution in [2.45, 2.75) is 38.5 Å². The summed E-state index contributed by atoms with van der Waals surface area (Å²) < 4.78 is 5.63. The molecule has 4 nitrogen and oxygen atoms in total. The highest BCUT2D eigenvalue weighted by Crippen LogP contribution is 2.34. The third kappa shape index (κ3) is 2.33. The Balaban J connectivity index is 1.87. The molecule has 0 saturated heterocycles. The maximum Gasteiger partial charge on any atom is 0.257 e. The third-order valence-corrected chi connectivity index (χ3v) is 4.51. The van der Waals surface area contributed by atoms with E-state index < -0.39 is 0 Å². The Bertz CT molecular complexity index is 509. The average molecular weight is 263 g/mol. The number of thiophene rings is 1. The van der Waals surface area contributed by atoms with Crippen molar-refractivity contribution in [1.29, 1.82) is 0 Å². The summed E-state index contributed by atoms with van der Waals surface area (Å²) in [4.78, 5) is 2.61. The Morgan fingerprint density at radius 1 is 1.22 bits per heavy atom. The summed E-state index contributed by atoms with van der Waals surface area (Å²) >= 11 is 1.81. The van der Waals surface area contributed by atoms with Crippen LogP contribution in [0.3, 0.4) is 0 Å². The molecule has 0 amide bonds. The van der Waals surface area contributed by atoms with Gasteiger partial charge in [0, 0.05) is 17.8 Å². The van der Waals surface area contributed by atoms with Crippen molar-refractivity contribution in [2.24, 2.45) is 5.73 Å². The van der Waals surface area contributed by atoms with E-state index in [0.29, 0.717) is 24.7 Å². The number of hydrogen-bond acceptors (Lipinski definition) is 5. The number of fused-ring (bicyclic) bond motifs is 1. The number of nitrogens with zero attached hydrogens (tertiary/aromatic N) is 2. The van der Waals surface area contributed by atoms with Crippen molar-refractivity contribution < 1.29 is 4.42 Å². The predicted octanol–water partition coefficient (Wildman–Crippen LogP) is 2.57. The first-order chi connectivity index (χ1) is 8.86. The molecule has 96 valence electrons. The van der Waals surface area contributed by atoms with Gasteiger partial charge >= 0.3 is 0 Å². The van der Waals surface area contributed by atoms with Gasteiger partial charge in [-0.2, -0.15) is 0 Å². The van der Waals surface area contributed by atoms with E-state index >= 15 is 0 Å². The number of aromatic nitrogens is 2. The fourth-order valence-corrected chi connectivity index (χ4v) is 3.53. The first-order valence-electron chi connectivity index (χ1n) is 6.51. The van der Waals surface area contributed by atoms with Crippen molar-refractivity contribution in [1.82, 2.24) is 10.2 Å². The Kier molecular flexibility index (Phi) is 3.43. The highest BCUT2D eigenvalue weighted by molar-refractivity contribution is 7.15. The van der Waals surface area contributed by atoms with Crippen LogP contribution in [0.25, 0.3) is 10.8 Å². The predicted molar refractivity (Wildman–Crippen MR) is 71.6 cm³/mol. The van der Waals surface area contributed by atoms with Crippen LogP contribution in [0.4, 0.5) is 0 Å². The van der Waals surface area contributed by atoms with Crippen LogP contribution < -0.4 is 5.73 Å². The van der Waals surface area contributed by atoms with Crippen LogP contribution in [0.1, 0.15) is 35.6 Å². The number of rotatable bonds is 3. The molecule has 2 N–H and O–H groups in total. The van der Waals surface area contributed by atoms with Crippen LogP contribution in [-0.4, -0.2) is 16.7 Å². The van der Waals surface area contributed by atoms with Crippen LogP contribution in [0.15, 0.2) is 10.5 Å². The zero-order valence-corrected chi connectivity index (χ0v) is 11.1. The third-order valence-electron chi connectivity index (χ3n) is 3.28. The van der Waals surface area contributed by atoms with E-state index in [1.54, 1.807) is 11.3 Å². The molecule has 0 aliphatic heterocycles. The maximum absolute atomic E-state index is 5.63. The molecule has 0 aromatic carbocycles. The second-order valence-corrected chi connectivity index (χ2v) is 5.80. The van der Waals surface area contributed by atoms with Gasteiger partial charge in [0.1, 0.15) is 0 Å². The minimum atomic E-state index is 0.544. The molecular formula is C13H17N3OS. The van der Waals surface area contributed by atoms with Gasteiger partial charge in [0.15, 0.2) is 0 Å². The molecular weight excluding hydrogens is 246 g/mol. The molecule has 5 heteroatoms. The van der Waals surface area contributed by atoms with Gasteiger partial charge in [0.25, 0.3) is 5.89 Å². The molecule has 2 heterocycles. The van der Waals surface area contributed by atoms with Crippen LogP contribution >= 0.6 is 11.3 Å². The fourth-order valence-electron chi connectivity index (χ4n) is 2.35. The summed E-state index contributed by atoms with van der Waals surface area (Å²) in [6.07, 6.45) is 6.98. The Morgan fingerprint density at radius 3 is 3.00 bits per heavy atom. The van der Waals surface area contributed by atoms with Gasteiger partial charge in [-0.05, 0) is 37.3 Å². The van der Waals surface area contributed by atoms with Crippen LogP contribution in [0, 0.1) is 0 Å². The molecule has 0 atom stereocenters. The van der Waals surface area contributed by atoms with E-state index in [4.69, 9.17) is 10.2 Å². The highest BCUT2D eigenvalue weighted by Gasteiger charge is 2.16. The lowest BCUT2D eigenvalue weighted by molar-refractivity contribution is 0.508. The molecule has 0 spiro atoms. The van der Waals surface area contributed by atoms with Crippen LogP contribution in [0.5, 0.6) is 0 Å². The lowest BCUT2D eigenvalue weighted by Gasteiger charge is -1.92. The molecule has 3 rings (SSSR count). The lowest BCUT2D eigenvalue weighted by Crippen LogP contribution is -2.02. The zero-order chi connectivity index (χ0) is 12.4. The Labute approximate surface area is 110 Å². The molecule has 0 bridgehead atoms. The van der Waals surface area contributed by atoms with Gasteiger partial charge in [-0.15, -0.1) is 21.5 Å². The second-order valence-electron chi connectivity index (χ2n) is 4.66. The van der Waals surface area contributed by atoms with E-state index in [1.807, 2.05) is 0 Å². The van der Waals surface area contributed by atoms with Gasteiger partial charge in [0.2, 0.25) is 5.89 Å². The average Bonchev–Trinajstić information content (AvgIpc) is 2.93. The summed E-state index contributed by atoms with van der Waals surface area (Å²) in [5.41, 5.74) is 6.96. The van der Waals surface area contributed by atoms with E-state index in [2.05, 4.69) is 16.3 Å². The zero-order valence-electron chi connectivity index (χ0n) is 10.3. The summed E-state index contributed by atoms with van der Waals surface area (Å²) in [5, 5.41) is 8.13. The minimum Gasteiger partial charge on any atom is -0.420 e. The summed E-state index contributed by atoms with van der Waals surface area (Å²) in [7, 11) is 0. The SMILES string of the molecule is NCCc1nnc(-c2cc3c(s2)CCCCC3)o1. The fraction of sp³-hybridized carbons (Fsp3) is 0.538. The van der Waals surface area contributed by atoms with Crippen molar-refractivity contribution in [3.8, 4) is 10.8 Å². The van der Waals surface area contributed by atoms with Crippen molar-refractivity contribution >= 4 is 11.3 Å². The number of nitrogens with two attached hydrogens (primary N) is 1. The van der Waals surface area contributed by atoms with Gasteiger partial charge in [0.05, 0.1) is 4.88 Å². The molecule has 0 fully saturated rings. The lowest BCUT2D eigenvalue weighted by atomic mass is 10.1. The monoisotopic (exact) mass is 263 g/mol. The van der Waals surface area contributed by atoms with E-state index in [0.717, 1.165) is 4.88 Å². The summed E-state index contributed by atoms with van der Waals surface area (Å²) in [5.74, 6) is 1.28. The minimum absolute atomic E-state index is 0.544. The normalized spacial score (nSPS) is 15.4. The quantitative estimate of drug-likeness (QED) is 0.864. The number of aryl methyl sites for hydroxylation is 2. The van der Waals surface area contributed by atoms with E-state index in [9.17, 15) is 0 Å². The summed E-state index contributed by atoms with van der Waals surface area (Å²) in [6.45, 7) is 0.544. The molecule has 1 aliphatic rings. The smallest absolute Gasteiger partial charge is 0.257 e. The van der Waals surface area contributed by atoms with Crippen molar-refractivity contribution in [2.75, 3.05) is 6.54 Å². The Morgan fingerprint density at radius 2 is 2.11 bits per heavy atom. The molecule has 0 unspecified atom stereocenters.